The number of nitrogens with two attached hydrogens (primary N) is 1. The van der Waals surface area contributed by atoms with Crippen molar-refractivity contribution in [2.24, 2.45) is 5.73 Å². The van der Waals surface area contributed by atoms with E-state index in [0.29, 0.717) is 17.4 Å². The molecule has 0 unspecified atom stereocenters. The van der Waals surface area contributed by atoms with E-state index in [0.717, 1.165) is 12.1 Å². The summed E-state index contributed by atoms with van der Waals surface area (Å²) >= 11 is 0. The van der Waals surface area contributed by atoms with Crippen molar-refractivity contribution in [2.75, 3.05) is 0 Å². The minimum atomic E-state index is -0.203. The Bertz CT molecular complexity index is 480. The number of hydrogen-bond acceptors (Lipinski definition) is 5. The van der Waals surface area contributed by atoms with Crippen molar-refractivity contribution in [2.45, 2.75) is 26.3 Å². The van der Waals surface area contributed by atoms with E-state index in [9.17, 15) is 0 Å². The van der Waals surface area contributed by atoms with Gasteiger partial charge in [0.1, 0.15) is 5.69 Å². The highest BCUT2D eigenvalue weighted by atomic mass is 16.5. The minimum absolute atomic E-state index is 0.203. The molecule has 0 radical (unpaired) electrons. The predicted molar refractivity (Wildman–Crippen MR) is 59.5 cm³/mol. The van der Waals surface area contributed by atoms with E-state index >= 15 is 0 Å². The zero-order chi connectivity index (χ0) is 11.5. The molecule has 5 heteroatoms. The summed E-state index contributed by atoms with van der Waals surface area (Å²) in [5.41, 5.74) is 7.43. The molecule has 2 N–H and O–H groups in total. The first-order chi connectivity index (χ1) is 7.70. The van der Waals surface area contributed by atoms with Gasteiger partial charge < -0.3 is 10.3 Å². The fourth-order valence-electron chi connectivity index (χ4n) is 1.33. The van der Waals surface area contributed by atoms with Gasteiger partial charge in [0.05, 0.1) is 6.04 Å². The van der Waals surface area contributed by atoms with Crippen molar-refractivity contribution in [1.29, 1.82) is 0 Å². The van der Waals surface area contributed by atoms with Gasteiger partial charge in [-0.25, -0.2) is 4.98 Å². The lowest BCUT2D eigenvalue weighted by Crippen LogP contribution is -2.08. The van der Waals surface area contributed by atoms with Crippen LogP contribution in [0.15, 0.2) is 22.7 Å². The molecule has 0 aliphatic heterocycles. The van der Waals surface area contributed by atoms with Crippen LogP contribution in [0.5, 0.6) is 0 Å². The molecule has 2 rings (SSSR count). The maximum absolute atomic E-state index is 5.80. The average molecular weight is 218 g/mol. The molecule has 0 saturated carbocycles. The Hall–Kier alpha value is -1.75. The zero-order valence-electron chi connectivity index (χ0n) is 9.34. The van der Waals surface area contributed by atoms with Gasteiger partial charge >= 0.3 is 0 Å². The van der Waals surface area contributed by atoms with Crippen LogP contribution in [0.4, 0.5) is 0 Å². The summed E-state index contributed by atoms with van der Waals surface area (Å²) in [6, 6.07) is 5.47. The van der Waals surface area contributed by atoms with Gasteiger partial charge in [0.15, 0.2) is 0 Å². The van der Waals surface area contributed by atoms with Crippen molar-refractivity contribution >= 4 is 0 Å². The van der Waals surface area contributed by atoms with E-state index in [4.69, 9.17) is 10.3 Å². The lowest BCUT2D eigenvalue weighted by atomic mass is 10.2. The fraction of sp³-hybridized carbons (Fsp3) is 0.364. The fourth-order valence-corrected chi connectivity index (χ4v) is 1.33. The molecule has 84 valence electrons. The number of aryl methyl sites for hydroxylation is 1. The second kappa shape index (κ2) is 4.40. The van der Waals surface area contributed by atoms with Gasteiger partial charge in [0.25, 0.3) is 0 Å². The molecule has 0 fully saturated rings. The van der Waals surface area contributed by atoms with Crippen molar-refractivity contribution in [1.82, 2.24) is 15.1 Å². The van der Waals surface area contributed by atoms with E-state index in [2.05, 4.69) is 15.1 Å². The van der Waals surface area contributed by atoms with Crippen LogP contribution in [-0.4, -0.2) is 15.1 Å². The van der Waals surface area contributed by atoms with Crippen LogP contribution in [0, 0.1) is 6.92 Å². The minimum Gasteiger partial charge on any atom is -0.337 e. The average Bonchev–Trinajstić information content (AvgIpc) is 2.77. The third-order valence-corrected chi connectivity index (χ3v) is 2.32. The number of pyridine rings is 1. The van der Waals surface area contributed by atoms with Gasteiger partial charge in [-0.3, -0.25) is 0 Å². The summed E-state index contributed by atoms with van der Waals surface area (Å²) in [5, 5.41) is 3.87. The summed E-state index contributed by atoms with van der Waals surface area (Å²) in [5.74, 6) is 0.948. The molecule has 2 aromatic rings. The molecule has 0 aliphatic carbocycles. The van der Waals surface area contributed by atoms with Crippen molar-refractivity contribution in [3.05, 3.63) is 29.8 Å². The Labute approximate surface area is 93.7 Å². The SMILES string of the molecule is CC[C@@H](N)c1nc(-c2cccc(C)n2)no1. The highest BCUT2D eigenvalue weighted by Gasteiger charge is 2.14. The third kappa shape index (κ3) is 2.09. The monoisotopic (exact) mass is 218 g/mol. The maximum atomic E-state index is 5.80. The Balaban J connectivity index is 2.31. The molecule has 0 bridgehead atoms. The van der Waals surface area contributed by atoms with Gasteiger partial charge in [0, 0.05) is 5.69 Å². The summed E-state index contributed by atoms with van der Waals surface area (Å²) < 4.78 is 5.09. The first kappa shape index (κ1) is 10.8. The molecule has 0 amide bonds. The van der Waals surface area contributed by atoms with E-state index in [1.165, 1.54) is 0 Å². The van der Waals surface area contributed by atoms with Crippen LogP contribution >= 0.6 is 0 Å². The molecule has 0 aliphatic rings. The Morgan fingerprint density at radius 1 is 1.38 bits per heavy atom. The van der Waals surface area contributed by atoms with Crippen molar-refractivity contribution in [3.8, 4) is 11.5 Å². The van der Waals surface area contributed by atoms with Gasteiger partial charge in [-0.05, 0) is 25.5 Å². The lowest BCUT2D eigenvalue weighted by molar-refractivity contribution is 0.352. The Morgan fingerprint density at radius 2 is 2.19 bits per heavy atom. The molecule has 1 atom stereocenters. The summed E-state index contributed by atoms with van der Waals surface area (Å²) in [6.45, 7) is 3.89. The largest absolute Gasteiger partial charge is 0.337 e. The smallest absolute Gasteiger partial charge is 0.243 e. The molecule has 16 heavy (non-hydrogen) atoms. The second-order valence-electron chi connectivity index (χ2n) is 3.64. The van der Waals surface area contributed by atoms with Crippen LogP contribution in [0.1, 0.15) is 31.0 Å². The third-order valence-electron chi connectivity index (χ3n) is 2.32. The topological polar surface area (TPSA) is 77.8 Å². The van der Waals surface area contributed by atoms with Crippen LogP contribution in [0.25, 0.3) is 11.5 Å². The molecule has 0 aromatic carbocycles. The summed E-state index contributed by atoms with van der Waals surface area (Å²) in [7, 11) is 0. The highest BCUT2D eigenvalue weighted by molar-refractivity contribution is 5.48. The Kier molecular flexibility index (Phi) is 2.96. The zero-order valence-corrected chi connectivity index (χ0v) is 9.34. The van der Waals surface area contributed by atoms with E-state index in [1.807, 2.05) is 32.0 Å². The van der Waals surface area contributed by atoms with Crippen molar-refractivity contribution < 1.29 is 4.52 Å². The van der Waals surface area contributed by atoms with Crippen LogP contribution < -0.4 is 5.73 Å². The Morgan fingerprint density at radius 3 is 2.88 bits per heavy atom. The number of aromatic nitrogens is 3. The standard InChI is InChI=1S/C11H14N4O/c1-3-8(12)11-14-10(15-16-11)9-6-4-5-7(2)13-9/h4-6,8H,3,12H2,1-2H3/t8-/m1/s1. The lowest BCUT2D eigenvalue weighted by Gasteiger charge is -1.99. The molecule has 0 saturated heterocycles. The molecular weight excluding hydrogens is 204 g/mol. The van der Waals surface area contributed by atoms with Gasteiger partial charge in [-0.15, -0.1) is 0 Å². The highest BCUT2D eigenvalue weighted by Crippen LogP contribution is 2.17. The maximum Gasteiger partial charge on any atom is 0.243 e. The van der Waals surface area contributed by atoms with E-state index in [1.54, 1.807) is 0 Å². The summed E-state index contributed by atoms with van der Waals surface area (Å²) in [6.07, 6.45) is 0.767. The molecule has 0 spiro atoms. The second-order valence-corrected chi connectivity index (χ2v) is 3.64. The van der Waals surface area contributed by atoms with E-state index in [-0.39, 0.29) is 6.04 Å². The molecular formula is C11H14N4O. The van der Waals surface area contributed by atoms with Crippen LogP contribution in [0.3, 0.4) is 0 Å². The molecule has 2 heterocycles. The normalized spacial score (nSPS) is 12.7. The van der Waals surface area contributed by atoms with Crippen molar-refractivity contribution in [3.63, 3.8) is 0 Å². The number of hydrogen-bond donors (Lipinski definition) is 1. The first-order valence-electron chi connectivity index (χ1n) is 5.24. The quantitative estimate of drug-likeness (QED) is 0.850. The van der Waals surface area contributed by atoms with E-state index < -0.39 is 0 Å². The number of nitrogens with zero attached hydrogens (tertiary/aromatic N) is 3. The first-order valence-corrected chi connectivity index (χ1v) is 5.24. The van der Waals surface area contributed by atoms with Crippen LogP contribution in [0.2, 0.25) is 0 Å². The predicted octanol–water partition coefficient (Wildman–Crippen LogP) is 1.85. The van der Waals surface area contributed by atoms with Crippen LogP contribution in [-0.2, 0) is 0 Å². The van der Waals surface area contributed by atoms with Gasteiger partial charge in [-0.2, -0.15) is 4.98 Å². The van der Waals surface area contributed by atoms with Gasteiger partial charge in [0.2, 0.25) is 11.7 Å². The number of rotatable bonds is 3. The molecule has 5 nitrogen and oxygen atoms in total. The van der Waals surface area contributed by atoms with Gasteiger partial charge in [-0.1, -0.05) is 18.1 Å². The summed E-state index contributed by atoms with van der Waals surface area (Å²) in [4.78, 5) is 8.54. The molecule has 2 aromatic heterocycles.